The maximum atomic E-state index is 15.1. The molecule has 28 heavy (non-hydrogen) atoms. The summed E-state index contributed by atoms with van der Waals surface area (Å²) in [7, 11) is 0. The molecule has 5 rings (SSSR count). The lowest BCUT2D eigenvalue weighted by Crippen LogP contribution is -3.00. The molecule has 3 aliphatic rings. The Hall–Kier alpha value is -2.12. The Bertz CT molecular complexity index is 1020. The molecule has 2 atom stereocenters. The highest BCUT2D eigenvalue weighted by Gasteiger charge is 2.40. The number of fused-ring (bicyclic) bond motifs is 2. The molecule has 4 heterocycles. The highest BCUT2D eigenvalue weighted by Crippen LogP contribution is 2.44. The number of carboxylic acid groups (broad SMARTS) is 1. The average molecular weight is 408 g/mol. The van der Waals surface area contributed by atoms with Crippen LogP contribution in [0, 0.1) is 24.6 Å². The number of nitrogens with zero attached hydrogens (tertiary/aromatic N) is 2. The number of aryl methyl sites for hydroxylation is 1. The number of quaternary nitrogens is 1. The van der Waals surface area contributed by atoms with Gasteiger partial charge in [-0.25, -0.2) is 9.18 Å². The van der Waals surface area contributed by atoms with Gasteiger partial charge in [-0.05, 0) is 42.9 Å². The van der Waals surface area contributed by atoms with Crippen molar-refractivity contribution in [2.75, 3.05) is 31.1 Å². The molecule has 3 fully saturated rings. The van der Waals surface area contributed by atoms with E-state index in [1.165, 1.54) is 16.7 Å². The fraction of sp³-hybridized carbons (Fsp3) is 0.500. The number of aromatic nitrogens is 1. The quantitative estimate of drug-likeness (QED) is 0.614. The number of carboxylic acids is 1. The van der Waals surface area contributed by atoms with Gasteiger partial charge in [-0.1, -0.05) is 0 Å². The zero-order valence-corrected chi connectivity index (χ0v) is 16.4. The molecule has 0 bridgehead atoms. The van der Waals surface area contributed by atoms with Crippen molar-refractivity contribution >= 4 is 17.2 Å². The Morgan fingerprint density at radius 1 is 1.25 bits per heavy atom. The molecule has 0 amide bonds. The lowest BCUT2D eigenvalue weighted by atomic mass is 10.0. The van der Waals surface area contributed by atoms with Crippen LogP contribution in [0.2, 0.25) is 0 Å². The van der Waals surface area contributed by atoms with Gasteiger partial charge in [0, 0.05) is 24.9 Å². The lowest BCUT2D eigenvalue weighted by Gasteiger charge is -2.24. The minimum atomic E-state index is -1.26. The van der Waals surface area contributed by atoms with E-state index in [4.69, 9.17) is 0 Å². The number of hydrogen-bond donors (Lipinski definition) is 2. The number of halogens is 2. The molecule has 2 aliphatic heterocycles. The Kier molecular flexibility index (Phi) is 4.62. The summed E-state index contributed by atoms with van der Waals surface area (Å²) < 4.78 is 16.3. The van der Waals surface area contributed by atoms with Gasteiger partial charge in [-0.15, -0.1) is 0 Å². The van der Waals surface area contributed by atoms with Crippen LogP contribution in [-0.2, 0) is 0 Å². The van der Waals surface area contributed by atoms with Gasteiger partial charge < -0.3 is 27.7 Å². The Balaban J connectivity index is 0.00000192. The van der Waals surface area contributed by atoms with Gasteiger partial charge in [-0.2, -0.15) is 0 Å². The Labute approximate surface area is 167 Å². The van der Waals surface area contributed by atoms with Crippen LogP contribution in [0.5, 0.6) is 0 Å². The predicted octanol–water partition coefficient (Wildman–Crippen LogP) is -2.04. The first-order valence-electron chi connectivity index (χ1n) is 9.64. The third-order valence-corrected chi connectivity index (χ3v) is 6.52. The van der Waals surface area contributed by atoms with Crippen molar-refractivity contribution in [3.05, 3.63) is 45.1 Å². The number of anilines is 1. The second-order valence-electron chi connectivity index (χ2n) is 8.25. The summed E-state index contributed by atoms with van der Waals surface area (Å²) >= 11 is 0. The molecule has 0 unspecified atom stereocenters. The van der Waals surface area contributed by atoms with Gasteiger partial charge in [0.1, 0.15) is 5.56 Å². The number of carbonyl (C=O) groups is 1. The third-order valence-electron chi connectivity index (χ3n) is 6.52. The van der Waals surface area contributed by atoms with Crippen LogP contribution in [0.25, 0.3) is 5.52 Å². The van der Waals surface area contributed by atoms with Gasteiger partial charge in [0.25, 0.3) is 5.56 Å². The molecular formula is C20H23ClFN3O3. The summed E-state index contributed by atoms with van der Waals surface area (Å²) in [6, 6.07) is 1.51. The molecule has 1 saturated carbocycles. The smallest absolute Gasteiger partial charge is 0.341 e. The molecule has 1 aliphatic carbocycles. The molecule has 0 aromatic carbocycles. The van der Waals surface area contributed by atoms with Crippen LogP contribution in [0.4, 0.5) is 10.1 Å². The summed E-state index contributed by atoms with van der Waals surface area (Å²) in [6.07, 6.45) is 3.14. The van der Waals surface area contributed by atoms with Crippen molar-refractivity contribution < 1.29 is 32.0 Å². The highest BCUT2D eigenvalue weighted by molar-refractivity contribution is 5.89. The number of hydrogen-bond acceptors (Lipinski definition) is 3. The fourth-order valence-corrected chi connectivity index (χ4v) is 5.07. The third kappa shape index (κ3) is 2.79. The van der Waals surface area contributed by atoms with E-state index >= 15 is 4.39 Å². The molecule has 3 N–H and O–H groups in total. The van der Waals surface area contributed by atoms with Crippen LogP contribution >= 0.6 is 0 Å². The molecule has 2 saturated heterocycles. The molecule has 150 valence electrons. The minimum Gasteiger partial charge on any atom is -1.00 e. The van der Waals surface area contributed by atoms with Crippen molar-refractivity contribution in [2.45, 2.75) is 25.7 Å². The number of aromatic carboxylic acids is 1. The lowest BCUT2D eigenvalue weighted by molar-refractivity contribution is -0.640. The maximum absolute atomic E-state index is 15.1. The summed E-state index contributed by atoms with van der Waals surface area (Å²) in [4.78, 5) is 26.3. The number of nitrogens with two attached hydrogens (primary N) is 1. The first kappa shape index (κ1) is 19.2. The minimum absolute atomic E-state index is 0. The van der Waals surface area contributed by atoms with Gasteiger partial charge >= 0.3 is 5.97 Å². The van der Waals surface area contributed by atoms with Crippen LogP contribution in [0.15, 0.2) is 17.1 Å². The van der Waals surface area contributed by atoms with Gasteiger partial charge in [0.2, 0.25) is 0 Å². The first-order chi connectivity index (χ1) is 13.0. The summed E-state index contributed by atoms with van der Waals surface area (Å²) in [6.45, 7) is 5.71. The largest absolute Gasteiger partial charge is 1.00 e. The van der Waals surface area contributed by atoms with Crippen molar-refractivity contribution in [1.29, 1.82) is 0 Å². The summed E-state index contributed by atoms with van der Waals surface area (Å²) in [5.41, 5.74) is 1.92. The van der Waals surface area contributed by atoms with Gasteiger partial charge in [0.15, 0.2) is 5.82 Å². The molecule has 2 aromatic heterocycles. The van der Waals surface area contributed by atoms with Crippen molar-refractivity contribution in [3.63, 3.8) is 0 Å². The van der Waals surface area contributed by atoms with E-state index in [-0.39, 0.29) is 23.9 Å². The normalized spacial score (nSPS) is 23.7. The van der Waals surface area contributed by atoms with Crippen molar-refractivity contribution in [2.24, 2.45) is 11.8 Å². The van der Waals surface area contributed by atoms with E-state index in [0.717, 1.165) is 50.1 Å². The molecule has 2 aromatic rings. The van der Waals surface area contributed by atoms with Crippen LogP contribution in [0.1, 0.15) is 40.2 Å². The van der Waals surface area contributed by atoms with E-state index in [0.29, 0.717) is 23.0 Å². The summed E-state index contributed by atoms with van der Waals surface area (Å²) in [5.74, 6) is -0.292. The monoisotopic (exact) mass is 407 g/mol. The second kappa shape index (κ2) is 6.74. The topological polar surface area (TPSA) is 78.6 Å². The van der Waals surface area contributed by atoms with Crippen LogP contribution < -0.4 is 28.2 Å². The zero-order chi connectivity index (χ0) is 18.9. The standard InChI is InChI=1S/C20H22FN3O3.ClH/c1-10-17-14(11-2-3-11)4-15(20(26)27)19(25)24(17)9-16(21)18(10)23-7-12-5-22-6-13(12)8-23;/h4,9,11-13,22H,2-3,5-8H2,1H3,(H,26,27);1H/t12-,13+;. The molecule has 0 spiro atoms. The highest BCUT2D eigenvalue weighted by atomic mass is 35.5. The molecular weight excluding hydrogens is 385 g/mol. The van der Waals surface area contributed by atoms with Crippen molar-refractivity contribution in [1.82, 2.24) is 4.40 Å². The summed E-state index contributed by atoms with van der Waals surface area (Å²) in [5, 5.41) is 11.7. The molecule has 6 nitrogen and oxygen atoms in total. The number of pyridine rings is 2. The SMILES string of the molecule is Cc1c(N2C[C@H]3C[NH2+]C[C@H]3C2)c(F)cn2c(=O)c(C(=O)O)cc(C3CC3)c12.[Cl-]. The van der Waals surface area contributed by atoms with Gasteiger partial charge in [-0.3, -0.25) is 9.20 Å². The van der Waals surface area contributed by atoms with E-state index in [9.17, 15) is 14.7 Å². The molecule has 8 heteroatoms. The molecule has 0 radical (unpaired) electrons. The van der Waals surface area contributed by atoms with Crippen LogP contribution in [-0.4, -0.2) is 41.7 Å². The average Bonchev–Trinajstić information content (AvgIpc) is 3.24. The first-order valence-corrected chi connectivity index (χ1v) is 9.64. The number of rotatable bonds is 3. The van der Waals surface area contributed by atoms with Crippen molar-refractivity contribution in [3.8, 4) is 0 Å². The fourth-order valence-electron chi connectivity index (χ4n) is 5.07. The Morgan fingerprint density at radius 3 is 2.46 bits per heavy atom. The zero-order valence-electron chi connectivity index (χ0n) is 15.6. The van der Waals surface area contributed by atoms with Crippen LogP contribution in [0.3, 0.4) is 0 Å². The van der Waals surface area contributed by atoms with E-state index in [1.807, 2.05) is 6.92 Å². The van der Waals surface area contributed by atoms with E-state index in [1.54, 1.807) is 0 Å². The predicted molar refractivity (Wildman–Crippen MR) is 98.1 cm³/mol. The Morgan fingerprint density at radius 2 is 1.89 bits per heavy atom. The maximum Gasteiger partial charge on any atom is 0.341 e. The van der Waals surface area contributed by atoms with E-state index < -0.39 is 17.3 Å². The second-order valence-corrected chi connectivity index (χ2v) is 8.25. The van der Waals surface area contributed by atoms with E-state index in [2.05, 4.69) is 10.2 Å². The van der Waals surface area contributed by atoms with Gasteiger partial charge in [0.05, 0.1) is 30.5 Å².